The van der Waals surface area contributed by atoms with E-state index in [4.69, 9.17) is 11.6 Å². The molecule has 1 aliphatic heterocycles. The van der Waals surface area contributed by atoms with Gasteiger partial charge in [0.1, 0.15) is 6.04 Å². The van der Waals surface area contributed by atoms with E-state index in [1.165, 1.54) is 0 Å². The maximum atomic E-state index is 12.4. The molecule has 1 aliphatic carbocycles. The highest BCUT2D eigenvalue weighted by atomic mass is 35.5. The van der Waals surface area contributed by atoms with Crippen molar-refractivity contribution in [2.24, 2.45) is 17.8 Å². The minimum atomic E-state index is -1.13. The Morgan fingerprint density at radius 1 is 1.40 bits per heavy atom. The average Bonchev–Trinajstić information content (AvgIpc) is 2.58. The molecule has 2 rings (SSSR count). The molecule has 2 aliphatic rings. The van der Waals surface area contributed by atoms with Crippen molar-refractivity contribution in [2.45, 2.75) is 39.2 Å². The van der Waals surface area contributed by atoms with Crippen molar-refractivity contribution in [3.8, 4) is 0 Å². The Kier molecular flexibility index (Phi) is 4.18. The van der Waals surface area contributed by atoms with Crippen molar-refractivity contribution in [3.05, 3.63) is 11.1 Å². The van der Waals surface area contributed by atoms with Crippen LogP contribution < -0.4 is 0 Å². The number of hydrogen-bond donors (Lipinski definition) is 1. The van der Waals surface area contributed by atoms with Gasteiger partial charge in [0, 0.05) is 5.03 Å². The fourth-order valence-corrected chi connectivity index (χ4v) is 3.18. The van der Waals surface area contributed by atoms with Crippen LogP contribution in [0, 0.1) is 17.8 Å². The number of carbonyl (C=O) groups is 3. The summed E-state index contributed by atoms with van der Waals surface area (Å²) >= 11 is 5.93. The lowest BCUT2D eigenvalue weighted by Gasteiger charge is -2.24. The molecule has 1 N–H and O–H groups in total. The van der Waals surface area contributed by atoms with Crippen molar-refractivity contribution in [3.63, 3.8) is 0 Å². The van der Waals surface area contributed by atoms with Gasteiger partial charge in [-0.15, -0.1) is 0 Å². The third-order valence-corrected chi connectivity index (χ3v) is 4.20. The molecule has 0 spiro atoms. The topological polar surface area (TPSA) is 74.7 Å². The van der Waals surface area contributed by atoms with Crippen LogP contribution in [0.25, 0.3) is 0 Å². The van der Waals surface area contributed by atoms with Crippen LogP contribution in [0.1, 0.15) is 33.1 Å². The normalized spacial score (nSPS) is 27.6. The van der Waals surface area contributed by atoms with E-state index in [0.29, 0.717) is 17.9 Å². The Balaban J connectivity index is 2.27. The highest BCUT2D eigenvalue weighted by Crippen LogP contribution is 2.40. The van der Waals surface area contributed by atoms with Crippen LogP contribution in [0.2, 0.25) is 0 Å². The Labute approximate surface area is 122 Å². The molecule has 0 aromatic carbocycles. The Morgan fingerprint density at radius 3 is 2.55 bits per heavy atom. The monoisotopic (exact) mass is 299 g/mol. The number of halogens is 1. The first kappa shape index (κ1) is 15.0. The first-order valence-corrected chi connectivity index (χ1v) is 7.15. The molecular weight excluding hydrogens is 282 g/mol. The summed E-state index contributed by atoms with van der Waals surface area (Å²) in [7, 11) is 0. The maximum absolute atomic E-state index is 12.4. The summed E-state index contributed by atoms with van der Waals surface area (Å²) in [5.74, 6) is -2.74. The number of carboxylic acids is 1. The van der Waals surface area contributed by atoms with E-state index in [1.807, 2.05) is 13.8 Å². The molecule has 0 aromatic heterocycles. The number of rotatable bonds is 4. The van der Waals surface area contributed by atoms with Gasteiger partial charge in [-0.1, -0.05) is 31.5 Å². The SMILES string of the molecule is CC(C)C[C@@H](C(=O)O)N1C(=O)[C@H]2CC(Cl)=CC[C@H]2C1=O. The number of carboxylic acid groups (broad SMARTS) is 1. The number of allylic oxidation sites excluding steroid dienone is 2. The number of fused-ring (bicyclic) bond motifs is 1. The van der Waals surface area contributed by atoms with Gasteiger partial charge in [0.05, 0.1) is 11.8 Å². The van der Waals surface area contributed by atoms with Crippen molar-refractivity contribution in [1.82, 2.24) is 4.90 Å². The van der Waals surface area contributed by atoms with E-state index < -0.39 is 23.8 Å². The van der Waals surface area contributed by atoms with Crippen LogP contribution in [0.3, 0.4) is 0 Å². The fraction of sp³-hybridized carbons (Fsp3) is 0.643. The van der Waals surface area contributed by atoms with Crippen LogP contribution in [0.15, 0.2) is 11.1 Å². The predicted molar refractivity (Wildman–Crippen MR) is 72.9 cm³/mol. The highest BCUT2D eigenvalue weighted by molar-refractivity contribution is 6.30. The molecule has 1 heterocycles. The molecule has 5 nitrogen and oxygen atoms in total. The van der Waals surface area contributed by atoms with Gasteiger partial charge in [0.25, 0.3) is 0 Å². The summed E-state index contributed by atoms with van der Waals surface area (Å²) in [6, 6.07) is -1.07. The third-order valence-electron chi connectivity index (χ3n) is 3.89. The quantitative estimate of drug-likeness (QED) is 0.806. The summed E-state index contributed by atoms with van der Waals surface area (Å²) in [4.78, 5) is 37.1. The summed E-state index contributed by atoms with van der Waals surface area (Å²) in [6.45, 7) is 3.73. The average molecular weight is 300 g/mol. The molecule has 0 saturated carbocycles. The molecular formula is C14H18ClNO4. The van der Waals surface area contributed by atoms with E-state index in [1.54, 1.807) is 6.08 Å². The molecule has 3 atom stereocenters. The van der Waals surface area contributed by atoms with E-state index in [-0.39, 0.29) is 24.2 Å². The molecule has 1 saturated heterocycles. The highest BCUT2D eigenvalue weighted by Gasteiger charge is 2.52. The van der Waals surface area contributed by atoms with Gasteiger partial charge in [-0.2, -0.15) is 0 Å². The van der Waals surface area contributed by atoms with Crippen LogP contribution in [0.4, 0.5) is 0 Å². The Bertz CT molecular complexity index is 486. The van der Waals surface area contributed by atoms with Gasteiger partial charge in [0.2, 0.25) is 11.8 Å². The number of imide groups is 1. The van der Waals surface area contributed by atoms with E-state index >= 15 is 0 Å². The van der Waals surface area contributed by atoms with Crippen molar-refractivity contribution in [2.75, 3.05) is 0 Å². The van der Waals surface area contributed by atoms with Gasteiger partial charge in [-0.25, -0.2) is 4.79 Å². The number of hydrogen-bond acceptors (Lipinski definition) is 3. The van der Waals surface area contributed by atoms with Gasteiger partial charge < -0.3 is 5.11 Å². The number of nitrogens with zero attached hydrogens (tertiary/aromatic N) is 1. The lowest BCUT2D eigenvalue weighted by atomic mass is 9.85. The molecule has 0 bridgehead atoms. The minimum absolute atomic E-state index is 0.0843. The molecule has 110 valence electrons. The summed E-state index contributed by atoms with van der Waals surface area (Å²) in [6.07, 6.45) is 2.77. The van der Waals surface area contributed by atoms with Gasteiger partial charge in [-0.3, -0.25) is 14.5 Å². The molecule has 0 radical (unpaired) electrons. The summed E-state index contributed by atoms with van der Waals surface area (Å²) in [5, 5.41) is 9.89. The molecule has 6 heteroatoms. The first-order chi connectivity index (χ1) is 9.32. The number of aliphatic carboxylic acids is 1. The smallest absolute Gasteiger partial charge is 0.326 e. The molecule has 2 amide bonds. The van der Waals surface area contributed by atoms with Crippen LogP contribution in [-0.4, -0.2) is 33.8 Å². The van der Waals surface area contributed by atoms with Crippen molar-refractivity contribution in [1.29, 1.82) is 0 Å². The fourth-order valence-electron chi connectivity index (χ4n) is 2.92. The minimum Gasteiger partial charge on any atom is -0.480 e. The van der Waals surface area contributed by atoms with Gasteiger partial charge >= 0.3 is 5.97 Å². The number of carbonyl (C=O) groups excluding carboxylic acids is 2. The second-order valence-corrected chi connectivity index (χ2v) is 6.32. The molecule has 0 unspecified atom stereocenters. The number of amides is 2. The van der Waals surface area contributed by atoms with Crippen LogP contribution >= 0.6 is 11.6 Å². The molecule has 0 aromatic rings. The zero-order valence-electron chi connectivity index (χ0n) is 11.5. The lowest BCUT2D eigenvalue weighted by molar-refractivity contribution is -0.155. The van der Waals surface area contributed by atoms with Crippen LogP contribution in [-0.2, 0) is 14.4 Å². The standard InChI is InChI=1S/C14H18ClNO4/c1-7(2)5-11(14(19)20)16-12(17)9-4-3-8(15)6-10(9)13(16)18/h3,7,9-11H,4-6H2,1-2H3,(H,19,20)/t9-,10+,11+/m1/s1. The number of likely N-dealkylation sites (tertiary alicyclic amines) is 1. The Hall–Kier alpha value is -1.36. The second kappa shape index (κ2) is 5.56. The second-order valence-electron chi connectivity index (χ2n) is 5.83. The Morgan fingerprint density at radius 2 is 2.00 bits per heavy atom. The van der Waals surface area contributed by atoms with Gasteiger partial charge in [0.15, 0.2) is 0 Å². The zero-order valence-corrected chi connectivity index (χ0v) is 12.3. The summed E-state index contributed by atoms with van der Waals surface area (Å²) in [5.41, 5.74) is 0. The zero-order chi connectivity index (χ0) is 15.0. The van der Waals surface area contributed by atoms with Crippen LogP contribution in [0.5, 0.6) is 0 Å². The largest absolute Gasteiger partial charge is 0.480 e. The van der Waals surface area contributed by atoms with E-state index in [0.717, 1.165) is 4.90 Å². The van der Waals surface area contributed by atoms with Gasteiger partial charge in [-0.05, 0) is 25.2 Å². The molecule has 20 heavy (non-hydrogen) atoms. The van der Waals surface area contributed by atoms with Crippen molar-refractivity contribution < 1.29 is 19.5 Å². The van der Waals surface area contributed by atoms with E-state index in [9.17, 15) is 19.5 Å². The maximum Gasteiger partial charge on any atom is 0.326 e. The van der Waals surface area contributed by atoms with E-state index in [2.05, 4.69) is 0 Å². The first-order valence-electron chi connectivity index (χ1n) is 6.77. The summed E-state index contributed by atoms with van der Waals surface area (Å²) < 4.78 is 0. The predicted octanol–water partition coefficient (Wildman–Crippen LogP) is 2.00. The lowest BCUT2D eigenvalue weighted by Crippen LogP contribution is -2.46. The third kappa shape index (κ3) is 2.59. The van der Waals surface area contributed by atoms with Crippen molar-refractivity contribution >= 4 is 29.4 Å². The molecule has 1 fully saturated rings.